The van der Waals surface area contributed by atoms with E-state index in [1.54, 1.807) is 34.1 Å². The van der Waals surface area contributed by atoms with Gasteiger partial charge in [-0.25, -0.2) is 0 Å². The van der Waals surface area contributed by atoms with Crippen molar-refractivity contribution in [3.05, 3.63) is 63.2 Å². The van der Waals surface area contributed by atoms with Gasteiger partial charge in [-0.05, 0) is 50.2 Å². The number of rotatable bonds is 8. The van der Waals surface area contributed by atoms with Gasteiger partial charge in [0, 0.05) is 55.9 Å². The lowest BCUT2D eigenvalue weighted by Crippen LogP contribution is -2.51. The van der Waals surface area contributed by atoms with Crippen molar-refractivity contribution in [1.29, 1.82) is 0 Å². The summed E-state index contributed by atoms with van der Waals surface area (Å²) in [5.41, 5.74) is 0.264. The Bertz CT molecular complexity index is 1000. The van der Waals surface area contributed by atoms with Crippen molar-refractivity contribution in [3.63, 3.8) is 0 Å². The lowest BCUT2D eigenvalue weighted by atomic mass is 10.1. The molecular weight excluding hydrogens is 448 g/mol. The Morgan fingerprint density at radius 1 is 1.06 bits per heavy atom. The molecule has 1 heterocycles. The predicted octanol–water partition coefficient (Wildman–Crippen LogP) is 3.67. The summed E-state index contributed by atoms with van der Waals surface area (Å²) >= 11 is 5.83. The lowest BCUT2D eigenvalue weighted by Gasteiger charge is -2.35. The molecule has 0 aliphatic carbocycles. The highest BCUT2D eigenvalue weighted by atomic mass is 35.5. The molecule has 9 nitrogen and oxygen atoms in total. The van der Waals surface area contributed by atoms with Crippen LogP contribution in [0.15, 0.2) is 42.5 Å². The third-order valence-electron chi connectivity index (χ3n) is 5.58. The Hall–Kier alpha value is -3.17. The van der Waals surface area contributed by atoms with Gasteiger partial charge in [0.1, 0.15) is 5.75 Å². The van der Waals surface area contributed by atoms with Crippen LogP contribution in [0.3, 0.4) is 0 Å². The van der Waals surface area contributed by atoms with E-state index in [2.05, 4.69) is 4.90 Å². The maximum absolute atomic E-state index is 12.9. The summed E-state index contributed by atoms with van der Waals surface area (Å²) in [6.07, 6.45) is 0. The monoisotopic (exact) mass is 474 g/mol. The van der Waals surface area contributed by atoms with Crippen molar-refractivity contribution in [2.45, 2.75) is 13.8 Å². The molecule has 0 atom stereocenters. The van der Waals surface area contributed by atoms with Gasteiger partial charge in [0.25, 0.3) is 5.91 Å². The maximum atomic E-state index is 12.9. The molecule has 1 aliphatic rings. The van der Waals surface area contributed by atoms with Gasteiger partial charge in [0.2, 0.25) is 11.7 Å². The van der Waals surface area contributed by atoms with Gasteiger partial charge in [-0.15, -0.1) is 0 Å². The number of carbonyl (C=O) groups is 2. The topological polar surface area (TPSA) is 96.2 Å². The zero-order chi connectivity index (χ0) is 24.0. The molecule has 2 amide bonds. The van der Waals surface area contributed by atoms with E-state index in [1.165, 1.54) is 18.2 Å². The van der Waals surface area contributed by atoms with E-state index < -0.39 is 4.92 Å². The van der Waals surface area contributed by atoms with Crippen LogP contribution in [0.4, 0.5) is 5.69 Å². The Morgan fingerprint density at radius 3 is 2.27 bits per heavy atom. The van der Waals surface area contributed by atoms with E-state index in [0.29, 0.717) is 57.1 Å². The summed E-state index contributed by atoms with van der Waals surface area (Å²) in [5.74, 6) is 0.445. The molecule has 33 heavy (non-hydrogen) atoms. The maximum Gasteiger partial charge on any atom is 0.313 e. The molecule has 1 saturated heterocycles. The summed E-state index contributed by atoms with van der Waals surface area (Å²) in [6, 6.07) is 10.6. The number of likely N-dealkylation sites (N-methyl/N-ethyl adjacent to an activating group) is 1. The second-order valence-electron chi connectivity index (χ2n) is 7.63. The molecule has 0 aromatic heterocycles. The number of benzene rings is 2. The van der Waals surface area contributed by atoms with Crippen molar-refractivity contribution in [2.24, 2.45) is 0 Å². The van der Waals surface area contributed by atoms with Crippen molar-refractivity contribution < 1.29 is 19.2 Å². The highest BCUT2D eigenvalue weighted by Gasteiger charge is 2.24. The highest BCUT2D eigenvalue weighted by molar-refractivity contribution is 6.30. The van der Waals surface area contributed by atoms with Crippen molar-refractivity contribution in [3.8, 4) is 11.5 Å². The van der Waals surface area contributed by atoms with Gasteiger partial charge in [-0.1, -0.05) is 11.6 Å². The Balaban J connectivity index is 1.57. The van der Waals surface area contributed by atoms with Crippen LogP contribution < -0.4 is 4.74 Å². The van der Waals surface area contributed by atoms with Gasteiger partial charge >= 0.3 is 5.69 Å². The fourth-order valence-electron chi connectivity index (χ4n) is 3.67. The first-order valence-electron chi connectivity index (χ1n) is 10.8. The number of nitro benzene ring substituents is 1. The first-order valence-corrected chi connectivity index (χ1v) is 11.2. The van der Waals surface area contributed by atoms with E-state index in [4.69, 9.17) is 16.3 Å². The smallest absolute Gasteiger partial charge is 0.313 e. The molecular formula is C23H27ClN4O5. The molecule has 2 aromatic carbocycles. The van der Waals surface area contributed by atoms with Crippen molar-refractivity contribution >= 4 is 29.1 Å². The number of hydrogen-bond donors (Lipinski definition) is 0. The van der Waals surface area contributed by atoms with E-state index in [1.807, 2.05) is 13.8 Å². The second kappa shape index (κ2) is 11.1. The lowest BCUT2D eigenvalue weighted by molar-refractivity contribution is -0.385. The minimum absolute atomic E-state index is 0.0684. The highest BCUT2D eigenvalue weighted by Crippen LogP contribution is 2.33. The molecule has 10 heteroatoms. The van der Waals surface area contributed by atoms with Crippen molar-refractivity contribution in [1.82, 2.24) is 14.7 Å². The predicted molar refractivity (Wildman–Crippen MR) is 125 cm³/mol. The molecule has 176 valence electrons. The van der Waals surface area contributed by atoms with E-state index in [9.17, 15) is 19.7 Å². The van der Waals surface area contributed by atoms with Crippen LogP contribution in [0.5, 0.6) is 11.5 Å². The number of carbonyl (C=O) groups excluding carboxylic acids is 2. The first-order chi connectivity index (χ1) is 15.8. The number of piperazine rings is 1. The molecule has 3 rings (SSSR count). The Morgan fingerprint density at radius 2 is 1.70 bits per heavy atom. The molecule has 1 fully saturated rings. The summed E-state index contributed by atoms with van der Waals surface area (Å²) in [7, 11) is 0. The third-order valence-corrected chi connectivity index (χ3v) is 5.82. The van der Waals surface area contributed by atoms with Crippen LogP contribution in [0, 0.1) is 10.1 Å². The molecule has 0 spiro atoms. The summed E-state index contributed by atoms with van der Waals surface area (Å²) < 4.78 is 5.63. The van der Waals surface area contributed by atoms with Crippen molar-refractivity contribution in [2.75, 3.05) is 45.8 Å². The Labute approximate surface area is 197 Å². The molecule has 0 unspecified atom stereocenters. The standard InChI is InChI=1S/C23H27ClN4O5/c1-3-26(4-2)22(29)16-25-11-13-27(14-12-25)23(30)17-5-8-19(9-6-17)33-21-10-7-18(24)15-20(21)28(31)32/h5-10,15H,3-4,11-14,16H2,1-2H3. The Kier molecular flexibility index (Phi) is 8.24. The summed E-state index contributed by atoms with van der Waals surface area (Å²) in [4.78, 5) is 41.5. The van der Waals surface area contributed by atoms with Crippen LogP contribution in [-0.2, 0) is 4.79 Å². The average molecular weight is 475 g/mol. The van der Waals surface area contributed by atoms with Gasteiger partial charge in [0.05, 0.1) is 11.5 Å². The molecule has 2 aromatic rings. The molecule has 1 aliphatic heterocycles. The number of nitrogens with zero attached hydrogens (tertiary/aromatic N) is 4. The van der Waals surface area contributed by atoms with E-state index in [0.717, 1.165) is 0 Å². The first kappa shape index (κ1) is 24.5. The summed E-state index contributed by atoms with van der Waals surface area (Å²) in [5, 5.41) is 11.5. The molecule has 0 N–H and O–H groups in total. The molecule has 0 bridgehead atoms. The number of ether oxygens (including phenoxy) is 1. The van der Waals surface area contributed by atoms with Crippen LogP contribution in [0.1, 0.15) is 24.2 Å². The minimum atomic E-state index is -0.561. The normalized spacial score (nSPS) is 14.1. The van der Waals surface area contributed by atoms with E-state index in [-0.39, 0.29) is 28.3 Å². The summed E-state index contributed by atoms with van der Waals surface area (Å²) in [6.45, 7) is 8.04. The second-order valence-corrected chi connectivity index (χ2v) is 8.07. The number of hydrogen-bond acceptors (Lipinski definition) is 6. The fourth-order valence-corrected chi connectivity index (χ4v) is 3.84. The van der Waals surface area contributed by atoms with Crippen LogP contribution in [0.25, 0.3) is 0 Å². The zero-order valence-corrected chi connectivity index (χ0v) is 19.5. The molecule has 0 radical (unpaired) electrons. The SMILES string of the molecule is CCN(CC)C(=O)CN1CCN(C(=O)c2ccc(Oc3ccc(Cl)cc3[N+](=O)[O-])cc2)CC1. The number of halogens is 1. The average Bonchev–Trinajstić information content (AvgIpc) is 2.81. The van der Waals surface area contributed by atoms with Crippen LogP contribution in [-0.4, -0.2) is 77.3 Å². The van der Waals surface area contributed by atoms with Gasteiger partial charge in [0.15, 0.2) is 0 Å². The largest absolute Gasteiger partial charge is 0.450 e. The number of amides is 2. The van der Waals surface area contributed by atoms with Crippen LogP contribution >= 0.6 is 11.6 Å². The quantitative estimate of drug-likeness (QED) is 0.428. The van der Waals surface area contributed by atoms with Gasteiger partial charge < -0.3 is 14.5 Å². The fraction of sp³-hybridized carbons (Fsp3) is 0.391. The van der Waals surface area contributed by atoms with Gasteiger partial charge in [-0.2, -0.15) is 0 Å². The third kappa shape index (κ3) is 6.21. The minimum Gasteiger partial charge on any atom is -0.450 e. The van der Waals surface area contributed by atoms with E-state index >= 15 is 0 Å². The number of nitro groups is 1. The van der Waals surface area contributed by atoms with Crippen LogP contribution in [0.2, 0.25) is 5.02 Å². The molecule has 0 saturated carbocycles. The zero-order valence-electron chi connectivity index (χ0n) is 18.7. The van der Waals surface area contributed by atoms with Gasteiger partial charge in [-0.3, -0.25) is 24.6 Å².